The summed E-state index contributed by atoms with van der Waals surface area (Å²) in [6.07, 6.45) is -4.21. The number of amides is 1. The van der Waals surface area contributed by atoms with Gasteiger partial charge in [0.1, 0.15) is 5.82 Å². The Morgan fingerprint density at radius 3 is 2.10 bits per heavy atom. The summed E-state index contributed by atoms with van der Waals surface area (Å²) in [6, 6.07) is 9.64. The van der Waals surface area contributed by atoms with Crippen molar-refractivity contribution in [2.45, 2.75) is 28.5 Å². The monoisotopic (exact) mass is 452 g/mol. The molecule has 2 rings (SSSR count). The zero-order valence-electron chi connectivity index (χ0n) is 15.0. The molecule has 0 radical (unpaired) electrons. The molecular weight excluding hydrogens is 436 g/mol. The van der Waals surface area contributed by atoms with Crippen LogP contribution >= 0.6 is 11.8 Å². The van der Waals surface area contributed by atoms with E-state index in [1.165, 1.54) is 18.2 Å². The van der Waals surface area contributed by atoms with Crippen LogP contribution in [0.1, 0.15) is 6.92 Å². The molecule has 0 aliphatic rings. The Morgan fingerprint density at radius 1 is 1.07 bits per heavy atom. The maximum atomic E-state index is 14.2. The average Bonchev–Trinajstić information content (AvgIpc) is 2.56. The van der Waals surface area contributed by atoms with Gasteiger partial charge in [-0.1, -0.05) is 11.8 Å². The van der Waals surface area contributed by atoms with E-state index in [4.69, 9.17) is 0 Å². The number of sulfonamides is 1. The van der Waals surface area contributed by atoms with E-state index in [1.54, 1.807) is 17.4 Å². The van der Waals surface area contributed by atoms with E-state index >= 15 is 0 Å². The first kappa shape index (κ1) is 23.0. The van der Waals surface area contributed by atoms with E-state index in [0.717, 1.165) is 30.2 Å². The van der Waals surface area contributed by atoms with Gasteiger partial charge in [-0.3, -0.25) is 9.52 Å². The normalized spacial score (nSPS) is 14.2. The molecule has 0 saturated carbocycles. The number of aliphatic hydroxyl groups is 1. The zero-order chi connectivity index (χ0) is 22.0. The second kappa shape index (κ2) is 8.20. The molecule has 0 aliphatic heterocycles. The molecule has 0 aromatic heterocycles. The number of hydrogen-bond donors (Lipinski definition) is 3. The average molecular weight is 452 g/mol. The largest absolute Gasteiger partial charge is 0.426 e. The molecule has 2 aromatic carbocycles. The third-order valence-electron chi connectivity index (χ3n) is 3.58. The maximum Gasteiger partial charge on any atom is 0.426 e. The Hall–Kier alpha value is -2.31. The lowest BCUT2D eigenvalue weighted by Gasteiger charge is -2.25. The molecule has 0 unspecified atom stereocenters. The van der Waals surface area contributed by atoms with Crippen molar-refractivity contribution in [3.63, 3.8) is 0 Å². The standard InChI is InChI=1S/C17H16F4N2O4S2/c1-16(25,17(19,20)21)15(24)22-14-8-7-12(9-13(14)18)28-11-5-3-10(4-6-11)23-29(2,26)27/h3-9,23,25H,1-2H3,(H,22,24)/t16-/m1/s1. The highest BCUT2D eigenvalue weighted by molar-refractivity contribution is 7.99. The van der Waals surface area contributed by atoms with Crippen LogP contribution in [0.3, 0.4) is 0 Å². The summed E-state index contributed by atoms with van der Waals surface area (Å²) in [6.45, 7) is 0.271. The van der Waals surface area contributed by atoms with E-state index in [1.807, 2.05) is 0 Å². The van der Waals surface area contributed by atoms with E-state index < -0.39 is 39.2 Å². The van der Waals surface area contributed by atoms with Gasteiger partial charge in [-0.05, 0) is 49.4 Å². The second-order valence-corrected chi connectivity index (χ2v) is 9.06. The number of carbonyl (C=O) groups excluding carboxylic acids is 1. The molecule has 6 nitrogen and oxygen atoms in total. The number of hydrogen-bond acceptors (Lipinski definition) is 5. The lowest BCUT2D eigenvalue weighted by molar-refractivity contribution is -0.242. The highest BCUT2D eigenvalue weighted by atomic mass is 32.2. The molecule has 0 bridgehead atoms. The smallest absolute Gasteiger partial charge is 0.373 e. The summed E-state index contributed by atoms with van der Waals surface area (Å²) in [4.78, 5) is 12.7. The van der Waals surface area contributed by atoms with Gasteiger partial charge in [0.05, 0.1) is 11.9 Å². The van der Waals surface area contributed by atoms with Gasteiger partial charge in [0.25, 0.3) is 5.91 Å². The molecule has 1 amide bonds. The Balaban J connectivity index is 2.11. The van der Waals surface area contributed by atoms with Crippen LogP contribution in [0.5, 0.6) is 0 Å². The fourth-order valence-corrected chi connectivity index (χ4v) is 3.38. The minimum atomic E-state index is -5.22. The van der Waals surface area contributed by atoms with Crippen molar-refractivity contribution < 1.29 is 35.9 Å². The molecule has 0 saturated heterocycles. The fraction of sp³-hybridized carbons (Fsp3) is 0.235. The number of rotatable bonds is 6. The molecule has 3 N–H and O–H groups in total. The number of alkyl halides is 3. The number of benzene rings is 2. The van der Waals surface area contributed by atoms with Crippen LogP contribution in [-0.4, -0.2) is 37.5 Å². The van der Waals surface area contributed by atoms with E-state index in [-0.39, 0.29) is 6.92 Å². The molecule has 12 heteroatoms. The Bertz CT molecular complexity index is 1010. The van der Waals surface area contributed by atoms with Crippen molar-refractivity contribution in [2.75, 3.05) is 16.3 Å². The number of carbonyl (C=O) groups is 1. The molecular formula is C17H16F4N2O4S2. The van der Waals surface area contributed by atoms with Crippen LogP contribution in [0.4, 0.5) is 28.9 Å². The molecule has 29 heavy (non-hydrogen) atoms. The molecule has 0 heterocycles. The molecule has 158 valence electrons. The van der Waals surface area contributed by atoms with Gasteiger partial charge in [-0.15, -0.1) is 0 Å². The van der Waals surface area contributed by atoms with Gasteiger partial charge in [-0.2, -0.15) is 13.2 Å². The van der Waals surface area contributed by atoms with Gasteiger partial charge in [0.2, 0.25) is 15.6 Å². The molecule has 0 aliphatic carbocycles. The summed E-state index contributed by atoms with van der Waals surface area (Å²) >= 11 is 1.11. The van der Waals surface area contributed by atoms with E-state index in [2.05, 4.69) is 4.72 Å². The first-order valence-corrected chi connectivity index (χ1v) is 10.6. The maximum absolute atomic E-state index is 14.2. The van der Waals surface area contributed by atoms with Gasteiger partial charge in [0.15, 0.2) is 0 Å². The quantitative estimate of drug-likeness (QED) is 0.582. The highest BCUT2D eigenvalue weighted by Crippen LogP contribution is 2.33. The minimum Gasteiger partial charge on any atom is -0.373 e. The number of halogens is 4. The van der Waals surface area contributed by atoms with E-state index in [0.29, 0.717) is 15.5 Å². The summed E-state index contributed by atoms with van der Waals surface area (Å²) in [5.41, 5.74) is -3.84. The fourth-order valence-electron chi connectivity index (χ4n) is 1.97. The SMILES string of the molecule is C[C@@](O)(C(=O)Nc1ccc(Sc2ccc(NS(C)(=O)=O)cc2)cc1F)C(F)(F)F. The lowest BCUT2D eigenvalue weighted by Crippen LogP contribution is -2.52. The molecule has 0 spiro atoms. The van der Waals surface area contributed by atoms with Crippen LogP contribution in [0.25, 0.3) is 0 Å². The number of anilines is 2. The van der Waals surface area contributed by atoms with Crippen molar-refractivity contribution in [3.05, 3.63) is 48.3 Å². The highest BCUT2D eigenvalue weighted by Gasteiger charge is 2.55. The second-order valence-electron chi connectivity index (χ2n) is 6.17. The topological polar surface area (TPSA) is 95.5 Å². The van der Waals surface area contributed by atoms with Crippen molar-refractivity contribution in [2.24, 2.45) is 0 Å². The lowest BCUT2D eigenvalue weighted by atomic mass is 10.1. The Morgan fingerprint density at radius 2 is 1.62 bits per heavy atom. The van der Waals surface area contributed by atoms with Gasteiger partial charge < -0.3 is 10.4 Å². The Kier molecular flexibility index (Phi) is 6.50. The Labute approximate surface area is 168 Å². The van der Waals surface area contributed by atoms with Crippen molar-refractivity contribution in [1.29, 1.82) is 0 Å². The molecule has 2 aromatic rings. The van der Waals surface area contributed by atoms with Crippen LogP contribution < -0.4 is 10.0 Å². The van der Waals surface area contributed by atoms with Crippen molar-refractivity contribution >= 4 is 39.1 Å². The molecule has 1 atom stereocenters. The first-order valence-electron chi connectivity index (χ1n) is 7.85. The number of nitrogens with one attached hydrogen (secondary N) is 2. The summed E-state index contributed by atoms with van der Waals surface area (Å²) in [5.74, 6) is -2.80. The predicted molar refractivity (Wildman–Crippen MR) is 101 cm³/mol. The van der Waals surface area contributed by atoms with Gasteiger partial charge >= 0.3 is 6.18 Å². The van der Waals surface area contributed by atoms with Gasteiger partial charge in [0, 0.05) is 15.5 Å². The minimum absolute atomic E-state index is 0.271. The summed E-state index contributed by atoms with van der Waals surface area (Å²) < 4.78 is 76.8. The van der Waals surface area contributed by atoms with Gasteiger partial charge in [-0.25, -0.2) is 12.8 Å². The van der Waals surface area contributed by atoms with Crippen LogP contribution in [0.2, 0.25) is 0 Å². The first-order chi connectivity index (χ1) is 13.2. The molecule has 0 fully saturated rings. The third kappa shape index (κ3) is 6.08. The van der Waals surface area contributed by atoms with Crippen molar-refractivity contribution in [3.8, 4) is 0 Å². The van der Waals surface area contributed by atoms with Crippen LogP contribution in [0.15, 0.2) is 52.3 Å². The van der Waals surface area contributed by atoms with E-state index in [9.17, 15) is 35.9 Å². The predicted octanol–water partition coefficient (Wildman–Crippen LogP) is 3.60. The van der Waals surface area contributed by atoms with Crippen molar-refractivity contribution in [1.82, 2.24) is 0 Å². The summed E-state index contributed by atoms with van der Waals surface area (Å²) in [5, 5.41) is 11.0. The van der Waals surface area contributed by atoms with Crippen LogP contribution in [-0.2, 0) is 14.8 Å². The third-order valence-corrected chi connectivity index (χ3v) is 5.18. The zero-order valence-corrected chi connectivity index (χ0v) is 16.7. The van der Waals surface area contributed by atoms with Crippen LogP contribution in [0, 0.1) is 5.82 Å². The summed E-state index contributed by atoms with van der Waals surface area (Å²) in [7, 11) is -3.42.